The molecule has 1 aromatic carbocycles. The monoisotopic (exact) mass is 361 g/mol. The Morgan fingerprint density at radius 3 is 2.89 bits per heavy atom. The summed E-state index contributed by atoms with van der Waals surface area (Å²) in [6.45, 7) is 0.236. The lowest BCUT2D eigenvalue weighted by Gasteiger charge is -2.06. The van der Waals surface area contributed by atoms with Gasteiger partial charge < -0.3 is 9.51 Å². The van der Waals surface area contributed by atoms with Gasteiger partial charge in [-0.1, -0.05) is 23.4 Å². The first-order chi connectivity index (χ1) is 13.3. The first-order valence-electron chi connectivity index (χ1n) is 8.16. The van der Waals surface area contributed by atoms with Crippen LogP contribution in [0, 0.1) is 5.82 Å². The van der Waals surface area contributed by atoms with Crippen LogP contribution in [0.5, 0.6) is 0 Å². The van der Waals surface area contributed by atoms with Crippen molar-refractivity contribution in [1.29, 1.82) is 0 Å². The number of halogens is 1. The van der Waals surface area contributed by atoms with Crippen molar-refractivity contribution in [3.05, 3.63) is 66.6 Å². The molecule has 0 aliphatic carbocycles. The highest BCUT2D eigenvalue weighted by atomic mass is 19.1. The van der Waals surface area contributed by atoms with E-state index in [1.54, 1.807) is 47.5 Å². The lowest BCUT2D eigenvalue weighted by Crippen LogP contribution is -2.06. The van der Waals surface area contributed by atoms with Crippen LogP contribution in [0.15, 0.2) is 59.7 Å². The van der Waals surface area contributed by atoms with Crippen LogP contribution in [0.25, 0.3) is 34.1 Å². The number of nitrogens with one attached hydrogen (secondary N) is 1. The largest absolute Gasteiger partial charge is 0.364 e. The van der Waals surface area contributed by atoms with Crippen LogP contribution in [-0.2, 0) is 6.54 Å². The number of H-pyrrole nitrogens is 1. The number of aromatic nitrogens is 7. The number of aromatic amines is 1. The van der Waals surface area contributed by atoms with Gasteiger partial charge in [-0.15, -0.1) is 0 Å². The van der Waals surface area contributed by atoms with E-state index in [-0.39, 0.29) is 12.4 Å². The predicted octanol–water partition coefficient (Wildman–Crippen LogP) is 3.06. The third kappa shape index (κ3) is 2.74. The van der Waals surface area contributed by atoms with Crippen molar-refractivity contribution in [2.24, 2.45) is 0 Å². The molecular weight excluding hydrogens is 349 g/mol. The number of hydrogen-bond donors (Lipinski definition) is 1. The highest BCUT2D eigenvalue weighted by Gasteiger charge is 2.17. The van der Waals surface area contributed by atoms with Gasteiger partial charge in [0.2, 0.25) is 0 Å². The van der Waals surface area contributed by atoms with Crippen LogP contribution in [-0.4, -0.2) is 34.9 Å². The van der Waals surface area contributed by atoms with Crippen LogP contribution in [0.4, 0.5) is 4.39 Å². The normalized spacial score (nSPS) is 11.3. The molecule has 0 saturated heterocycles. The SMILES string of the molecule is Fc1ccccc1Cn1nc(-c2ncc3[nH]cnc3n2)cc1-c1ccon1. The fourth-order valence-corrected chi connectivity index (χ4v) is 2.84. The van der Waals surface area contributed by atoms with E-state index in [4.69, 9.17) is 4.52 Å². The molecule has 0 unspecified atom stereocenters. The Hall–Kier alpha value is -3.88. The second kappa shape index (κ2) is 6.13. The summed E-state index contributed by atoms with van der Waals surface area (Å²) in [7, 11) is 0. The Morgan fingerprint density at radius 1 is 1.11 bits per heavy atom. The van der Waals surface area contributed by atoms with Crippen molar-refractivity contribution < 1.29 is 8.91 Å². The summed E-state index contributed by atoms with van der Waals surface area (Å²) in [6, 6.07) is 10.1. The number of rotatable bonds is 4. The molecule has 0 aliphatic rings. The van der Waals surface area contributed by atoms with Gasteiger partial charge in [0.15, 0.2) is 11.5 Å². The maximum atomic E-state index is 14.1. The van der Waals surface area contributed by atoms with E-state index < -0.39 is 0 Å². The Labute approximate surface area is 151 Å². The van der Waals surface area contributed by atoms with Gasteiger partial charge in [-0.25, -0.2) is 19.3 Å². The fourth-order valence-electron chi connectivity index (χ4n) is 2.84. The van der Waals surface area contributed by atoms with Gasteiger partial charge in [0.05, 0.1) is 24.8 Å². The van der Waals surface area contributed by atoms with Crippen molar-refractivity contribution in [2.45, 2.75) is 6.54 Å². The molecule has 0 aliphatic heterocycles. The Morgan fingerprint density at radius 2 is 2.04 bits per heavy atom. The molecule has 27 heavy (non-hydrogen) atoms. The molecule has 0 fully saturated rings. The van der Waals surface area contributed by atoms with Crippen LogP contribution in [0.2, 0.25) is 0 Å². The first kappa shape index (κ1) is 15.4. The van der Waals surface area contributed by atoms with Gasteiger partial charge in [-0.05, 0) is 12.1 Å². The molecule has 8 nitrogen and oxygen atoms in total. The molecule has 132 valence electrons. The average molecular weight is 361 g/mol. The third-order valence-corrected chi connectivity index (χ3v) is 4.16. The predicted molar refractivity (Wildman–Crippen MR) is 93.9 cm³/mol. The van der Waals surface area contributed by atoms with E-state index >= 15 is 0 Å². The third-order valence-electron chi connectivity index (χ3n) is 4.16. The van der Waals surface area contributed by atoms with Gasteiger partial charge in [-0.2, -0.15) is 5.10 Å². The van der Waals surface area contributed by atoms with Crippen molar-refractivity contribution in [3.63, 3.8) is 0 Å². The number of hydrogen-bond acceptors (Lipinski definition) is 6. The van der Waals surface area contributed by atoms with Gasteiger partial charge >= 0.3 is 0 Å². The molecule has 0 saturated carbocycles. The van der Waals surface area contributed by atoms with Crippen LogP contribution in [0.1, 0.15) is 5.56 Å². The summed E-state index contributed by atoms with van der Waals surface area (Å²) < 4.78 is 20.7. The summed E-state index contributed by atoms with van der Waals surface area (Å²) in [4.78, 5) is 15.8. The lowest BCUT2D eigenvalue weighted by molar-refractivity contribution is 0.421. The summed E-state index contributed by atoms with van der Waals surface area (Å²) in [5.74, 6) is 0.126. The van der Waals surface area contributed by atoms with E-state index in [0.29, 0.717) is 34.1 Å². The molecule has 0 bridgehead atoms. The van der Waals surface area contributed by atoms with E-state index in [1.165, 1.54) is 12.3 Å². The van der Waals surface area contributed by atoms with E-state index in [2.05, 4.69) is 30.2 Å². The molecule has 4 aromatic heterocycles. The topological polar surface area (TPSA) is 98.3 Å². The van der Waals surface area contributed by atoms with Gasteiger partial charge in [0.25, 0.3) is 0 Å². The quantitative estimate of drug-likeness (QED) is 0.528. The van der Waals surface area contributed by atoms with Crippen molar-refractivity contribution in [2.75, 3.05) is 0 Å². The molecular formula is C18H12FN7O. The molecule has 5 aromatic rings. The van der Waals surface area contributed by atoms with Crippen LogP contribution in [0.3, 0.4) is 0 Å². The molecule has 0 atom stereocenters. The molecule has 0 spiro atoms. The van der Waals surface area contributed by atoms with Gasteiger partial charge in [0, 0.05) is 11.6 Å². The average Bonchev–Trinajstić information content (AvgIpc) is 3.43. The smallest absolute Gasteiger partial charge is 0.182 e. The Kier molecular flexibility index (Phi) is 3.49. The standard InChI is InChI=1S/C18H12FN7O/c19-12-4-2-1-3-11(12)9-26-16(13-5-6-27-25-13)7-14(24-26)17-20-8-15-18(23-17)22-10-21-15/h1-8,10H,9H2,(H,20,21,22,23). The minimum absolute atomic E-state index is 0.236. The van der Waals surface area contributed by atoms with E-state index in [0.717, 1.165) is 5.52 Å². The Bertz CT molecular complexity index is 1230. The molecule has 0 radical (unpaired) electrons. The molecule has 5 rings (SSSR count). The highest BCUT2D eigenvalue weighted by molar-refractivity contribution is 5.72. The molecule has 0 amide bonds. The zero-order chi connectivity index (χ0) is 18.2. The van der Waals surface area contributed by atoms with Gasteiger partial charge in [0.1, 0.15) is 29.0 Å². The minimum Gasteiger partial charge on any atom is -0.364 e. The van der Waals surface area contributed by atoms with E-state index in [9.17, 15) is 4.39 Å². The second-order valence-electron chi connectivity index (χ2n) is 5.88. The number of imidazole rings is 1. The number of fused-ring (bicyclic) bond motifs is 1. The summed E-state index contributed by atoms with van der Waals surface area (Å²) in [6.07, 6.45) is 4.68. The maximum absolute atomic E-state index is 14.1. The van der Waals surface area contributed by atoms with E-state index in [1.807, 2.05) is 0 Å². The highest BCUT2D eigenvalue weighted by Crippen LogP contribution is 2.25. The summed E-state index contributed by atoms with van der Waals surface area (Å²) in [5, 5.41) is 8.54. The number of nitrogens with zero attached hydrogens (tertiary/aromatic N) is 6. The summed E-state index contributed by atoms with van der Waals surface area (Å²) in [5.41, 5.74) is 3.60. The first-order valence-corrected chi connectivity index (χ1v) is 8.16. The zero-order valence-corrected chi connectivity index (χ0v) is 13.9. The van der Waals surface area contributed by atoms with Crippen molar-refractivity contribution in [3.8, 4) is 22.9 Å². The van der Waals surface area contributed by atoms with Crippen LogP contribution < -0.4 is 0 Å². The molecule has 1 N–H and O–H groups in total. The molecule has 4 heterocycles. The zero-order valence-electron chi connectivity index (χ0n) is 13.9. The second-order valence-corrected chi connectivity index (χ2v) is 5.88. The lowest BCUT2D eigenvalue weighted by atomic mass is 10.2. The Balaban J connectivity index is 1.62. The van der Waals surface area contributed by atoms with Gasteiger partial charge in [-0.3, -0.25) is 4.68 Å². The van der Waals surface area contributed by atoms with Crippen molar-refractivity contribution >= 4 is 11.2 Å². The fraction of sp³-hybridized carbons (Fsp3) is 0.0556. The molecule has 9 heteroatoms. The minimum atomic E-state index is -0.296. The maximum Gasteiger partial charge on any atom is 0.182 e. The number of benzene rings is 1. The van der Waals surface area contributed by atoms with Crippen LogP contribution >= 0.6 is 0 Å². The van der Waals surface area contributed by atoms with Crippen molar-refractivity contribution in [1.82, 2.24) is 34.9 Å². The summed E-state index contributed by atoms with van der Waals surface area (Å²) >= 11 is 0.